The number of hydrogen-bond acceptors (Lipinski definition) is 2. The van der Waals surface area contributed by atoms with E-state index in [1.807, 2.05) is 4.90 Å². The van der Waals surface area contributed by atoms with Crippen LogP contribution in [0.15, 0.2) is 0 Å². The van der Waals surface area contributed by atoms with Crippen LogP contribution in [0, 0.1) is 17.8 Å². The van der Waals surface area contributed by atoms with Gasteiger partial charge >= 0.3 is 0 Å². The van der Waals surface area contributed by atoms with Gasteiger partial charge in [-0.2, -0.15) is 0 Å². The van der Waals surface area contributed by atoms with Crippen molar-refractivity contribution in [3.63, 3.8) is 0 Å². The van der Waals surface area contributed by atoms with Crippen LogP contribution in [0.2, 0.25) is 0 Å². The van der Waals surface area contributed by atoms with Crippen molar-refractivity contribution in [1.82, 2.24) is 4.90 Å². The molecule has 1 saturated heterocycles. The lowest BCUT2D eigenvalue weighted by molar-refractivity contribution is -0.137. The van der Waals surface area contributed by atoms with Crippen molar-refractivity contribution in [2.75, 3.05) is 19.6 Å². The third-order valence-electron chi connectivity index (χ3n) is 3.88. The molecule has 3 nitrogen and oxygen atoms in total. The summed E-state index contributed by atoms with van der Waals surface area (Å²) in [5.74, 6) is 1.84. The first-order valence-corrected chi connectivity index (χ1v) is 6.21. The van der Waals surface area contributed by atoms with Gasteiger partial charge in [-0.3, -0.25) is 4.79 Å². The fourth-order valence-electron chi connectivity index (χ4n) is 2.54. The van der Waals surface area contributed by atoms with E-state index < -0.39 is 0 Å². The van der Waals surface area contributed by atoms with Crippen molar-refractivity contribution in [2.45, 2.75) is 32.6 Å². The fraction of sp³-hybridized carbons (Fsp3) is 0.917. The minimum atomic E-state index is 0.251. The standard InChI is InChI=1S/C12H22N2O/c1-9(11-4-5-11)12(15)14-6-2-3-10(7-13)8-14/h9-11H,2-8,13H2,1H3. The summed E-state index contributed by atoms with van der Waals surface area (Å²) in [6.07, 6.45) is 4.82. The number of carbonyl (C=O) groups excluding carboxylic acids is 1. The smallest absolute Gasteiger partial charge is 0.225 e. The van der Waals surface area contributed by atoms with Crippen molar-refractivity contribution in [2.24, 2.45) is 23.5 Å². The molecule has 0 bridgehead atoms. The third kappa shape index (κ3) is 2.51. The predicted octanol–water partition coefficient (Wildman–Crippen LogP) is 1.23. The Bertz CT molecular complexity index is 238. The Balaban J connectivity index is 1.88. The van der Waals surface area contributed by atoms with Crippen molar-refractivity contribution in [1.29, 1.82) is 0 Å². The summed E-state index contributed by atoms with van der Waals surface area (Å²) < 4.78 is 0. The Hall–Kier alpha value is -0.570. The van der Waals surface area contributed by atoms with E-state index >= 15 is 0 Å². The van der Waals surface area contributed by atoms with Crippen LogP contribution in [0.3, 0.4) is 0 Å². The molecule has 1 aliphatic heterocycles. The Morgan fingerprint density at radius 3 is 2.80 bits per heavy atom. The molecule has 2 rings (SSSR count). The maximum Gasteiger partial charge on any atom is 0.225 e. The van der Waals surface area contributed by atoms with Gasteiger partial charge in [0.05, 0.1) is 0 Å². The van der Waals surface area contributed by atoms with Crippen LogP contribution >= 0.6 is 0 Å². The first-order valence-electron chi connectivity index (χ1n) is 6.21. The number of rotatable bonds is 3. The molecule has 1 saturated carbocycles. The molecule has 2 aliphatic rings. The van der Waals surface area contributed by atoms with Gasteiger partial charge in [0, 0.05) is 19.0 Å². The van der Waals surface area contributed by atoms with Crippen LogP contribution in [-0.2, 0) is 4.79 Å². The van der Waals surface area contributed by atoms with Gasteiger partial charge in [-0.05, 0) is 44.1 Å². The van der Waals surface area contributed by atoms with E-state index in [0.717, 1.165) is 26.1 Å². The normalized spacial score (nSPS) is 28.9. The fourth-order valence-corrected chi connectivity index (χ4v) is 2.54. The second kappa shape index (κ2) is 4.52. The number of piperidine rings is 1. The van der Waals surface area contributed by atoms with E-state index in [9.17, 15) is 4.79 Å². The van der Waals surface area contributed by atoms with E-state index in [4.69, 9.17) is 5.73 Å². The molecule has 1 aliphatic carbocycles. The van der Waals surface area contributed by atoms with Gasteiger partial charge in [0.2, 0.25) is 5.91 Å². The molecule has 0 aromatic heterocycles. The maximum absolute atomic E-state index is 12.1. The summed E-state index contributed by atoms with van der Waals surface area (Å²) in [6.45, 7) is 4.66. The number of carbonyl (C=O) groups is 1. The Morgan fingerprint density at radius 2 is 2.20 bits per heavy atom. The first kappa shape index (κ1) is 10.9. The van der Waals surface area contributed by atoms with Gasteiger partial charge in [0.1, 0.15) is 0 Å². The van der Waals surface area contributed by atoms with Gasteiger partial charge in [-0.15, -0.1) is 0 Å². The van der Waals surface area contributed by atoms with E-state index in [1.54, 1.807) is 0 Å². The summed E-state index contributed by atoms with van der Waals surface area (Å²) in [5.41, 5.74) is 5.68. The second-order valence-electron chi connectivity index (χ2n) is 5.15. The quantitative estimate of drug-likeness (QED) is 0.761. The van der Waals surface area contributed by atoms with E-state index in [-0.39, 0.29) is 5.92 Å². The number of amides is 1. The van der Waals surface area contributed by atoms with Crippen LogP contribution in [-0.4, -0.2) is 30.4 Å². The lowest BCUT2D eigenvalue weighted by Gasteiger charge is -2.34. The zero-order valence-electron chi connectivity index (χ0n) is 9.61. The third-order valence-corrected chi connectivity index (χ3v) is 3.88. The average Bonchev–Trinajstić information content (AvgIpc) is 3.11. The monoisotopic (exact) mass is 210 g/mol. The Morgan fingerprint density at radius 1 is 1.47 bits per heavy atom. The molecule has 2 N–H and O–H groups in total. The zero-order chi connectivity index (χ0) is 10.8. The van der Waals surface area contributed by atoms with Crippen molar-refractivity contribution >= 4 is 5.91 Å². The Labute approximate surface area is 92.0 Å². The van der Waals surface area contributed by atoms with E-state index in [2.05, 4.69) is 6.92 Å². The molecular weight excluding hydrogens is 188 g/mol. The second-order valence-corrected chi connectivity index (χ2v) is 5.15. The highest BCUT2D eigenvalue weighted by Crippen LogP contribution is 2.37. The van der Waals surface area contributed by atoms with Crippen LogP contribution < -0.4 is 5.73 Å². The van der Waals surface area contributed by atoms with Crippen LogP contribution in [0.5, 0.6) is 0 Å². The molecule has 0 radical (unpaired) electrons. The van der Waals surface area contributed by atoms with E-state index in [0.29, 0.717) is 17.7 Å². The van der Waals surface area contributed by atoms with Gasteiger partial charge in [-0.25, -0.2) is 0 Å². The largest absolute Gasteiger partial charge is 0.342 e. The summed E-state index contributed by atoms with van der Waals surface area (Å²) in [7, 11) is 0. The lowest BCUT2D eigenvalue weighted by atomic mass is 9.96. The van der Waals surface area contributed by atoms with Crippen LogP contribution in [0.4, 0.5) is 0 Å². The lowest BCUT2D eigenvalue weighted by Crippen LogP contribution is -2.44. The molecule has 0 aromatic carbocycles. The van der Waals surface area contributed by atoms with Crippen molar-refractivity contribution in [3.8, 4) is 0 Å². The SMILES string of the molecule is CC(C(=O)N1CCCC(CN)C1)C1CC1. The van der Waals surface area contributed by atoms with Crippen molar-refractivity contribution < 1.29 is 4.79 Å². The van der Waals surface area contributed by atoms with Gasteiger partial charge in [0.15, 0.2) is 0 Å². The first-order chi connectivity index (χ1) is 7.22. The molecule has 3 heteroatoms. The molecule has 0 spiro atoms. The van der Waals surface area contributed by atoms with Crippen molar-refractivity contribution in [3.05, 3.63) is 0 Å². The van der Waals surface area contributed by atoms with Gasteiger partial charge < -0.3 is 10.6 Å². The van der Waals surface area contributed by atoms with Gasteiger partial charge in [-0.1, -0.05) is 6.92 Å². The summed E-state index contributed by atoms with van der Waals surface area (Å²) in [4.78, 5) is 14.2. The molecule has 2 atom stereocenters. The van der Waals surface area contributed by atoms with E-state index in [1.165, 1.54) is 19.3 Å². The molecule has 86 valence electrons. The van der Waals surface area contributed by atoms with Crippen LogP contribution in [0.1, 0.15) is 32.6 Å². The zero-order valence-corrected chi connectivity index (χ0v) is 9.61. The average molecular weight is 210 g/mol. The molecule has 0 aromatic rings. The minimum absolute atomic E-state index is 0.251. The summed E-state index contributed by atoms with van der Waals surface area (Å²) in [6, 6.07) is 0. The molecular formula is C12H22N2O. The number of likely N-dealkylation sites (tertiary alicyclic amines) is 1. The summed E-state index contributed by atoms with van der Waals surface area (Å²) >= 11 is 0. The number of nitrogens with two attached hydrogens (primary N) is 1. The molecule has 2 unspecified atom stereocenters. The Kier molecular flexibility index (Phi) is 3.29. The minimum Gasteiger partial charge on any atom is -0.342 e. The maximum atomic E-state index is 12.1. The number of hydrogen-bond donors (Lipinski definition) is 1. The van der Waals surface area contributed by atoms with Crippen LogP contribution in [0.25, 0.3) is 0 Å². The van der Waals surface area contributed by atoms with Gasteiger partial charge in [0.25, 0.3) is 0 Å². The molecule has 15 heavy (non-hydrogen) atoms. The highest BCUT2D eigenvalue weighted by Gasteiger charge is 2.35. The number of nitrogens with zero attached hydrogens (tertiary/aromatic N) is 1. The predicted molar refractivity (Wildman–Crippen MR) is 60.2 cm³/mol. The topological polar surface area (TPSA) is 46.3 Å². The highest BCUT2D eigenvalue weighted by atomic mass is 16.2. The summed E-state index contributed by atoms with van der Waals surface area (Å²) in [5, 5.41) is 0. The highest BCUT2D eigenvalue weighted by molar-refractivity contribution is 5.79. The molecule has 1 heterocycles. The molecule has 2 fully saturated rings. The molecule has 1 amide bonds.